The van der Waals surface area contributed by atoms with Gasteiger partial charge in [-0.1, -0.05) is 19.1 Å². The smallest absolute Gasteiger partial charge is 0.251 e. The Balaban J connectivity index is 1.52. The Bertz CT molecular complexity index is 891. The summed E-state index contributed by atoms with van der Waals surface area (Å²) in [4.78, 5) is 27.6. The average molecular weight is 412 g/mol. The van der Waals surface area contributed by atoms with E-state index in [1.54, 1.807) is 13.3 Å². The lowest BCUT2D eigenvalue weighted by molar-refractivity contribution is -0.165. The molecule has 0 unspecified atom stereocenters. The van der Waals surface area contributed by atoms with E-state index >= 15 is 0 Å². The number of ether oxygens (including phenoxy) is 2. The number of aromatic nitrogens is 2. The van der Waals surface area contributed by atoms with Crippen molar-refractivity contribution in [3.63, 3.8) is 0 Å². The van der Waals surface area contributed by atoms with Crippen LogP contribution in [-0.4, -0.2) is 52.4 Å². The molecule has 1 aliphatic carbocycles. The lowest BCUT2D eigenvalue weighted by Gasteiger charge is -2.40. The van der Waals surface area contributed by atoms with Gasteiger partial charge in [-0.15, -0.1) is 0 Å². The molecule has 2 aliphatic rings. The van der Waals surface area contributed by atoms with Gasteiger partial charge in [0.15, 0.2) is 6.10 Å². The summed E-state index contributed by atoms with van der Waals surface area (Å²) < 4.78 is 12.9. The van der Waals surface area contributed by atoms with Crippen LogP contribution in [-0.2, 0) is 27.4 Å². The highest BCUT2D eigenvalue weighted by molar-refractivity contribution is 5.86. The minimum Gasteiger partial charge on any atom is -0.497 e. The first-order valence-electron chi connectivity index (χ1n) is 10.5. The molecule has 0 bridgehead atoms. The number of rotatable bonds is 8. The van der Waals surface area contributed by atoms with Gasteiger partial charge < -0.3 is 19.7 Å². The van der Waals surface area contributed by atoms with Crippen molar-refractivity contribution in [3.8, 4) is 5.75 Å². The zero-order valence-corrected chi connectivity index (χ0v) is 17.4. The number of carbonyl (C=O) groups excluding carboxylic acids is 2. The number of methoxy groups -OCH3 is 1. The van der Waals surface area contributed by atoms with Crippen LogP contribution in [0.1, 0.15) is 43.4 Å². The van der Waals surface area contributed by atoms with Crippen LogP contribution >= 0.6 is 0 Å². The first-order valence-corrected chi connectivity index (χ1v) is 10.5. The first kappa shape index (κ1) is 20.4. The molecule has 8 nitrogen and oxygen atoms in total. The molecule has 0 radical (unpaired) electrons. The number of hydrogen-bond acceptors (Lipinski definition) is 5. The fourth-order valence-corrected chi connectivity index (χ4v) is 3.91. The number of amides is 2. The van der Waals surface area contributed by atoms with E-state index in [1.165, 1.54) is 0 Å². The molecule has 1 aromatic carbocycles. The molecule has 2 heterocycles. The predicted molar refractivity (Wildman–Crippen MR) is 110 cm³/mol. The topological polar surface area (TPSA) is 85.7 Å². The maximum Gasteiger partial charge on any atom is 0.251 e. The molecule has 2 atom stereocenters. The lowest BCUT2D eigenvalue weighted by atomic mass is 9.96. The van der Waals surface area contributed by atoms with Crippen LogP contribution in [0.4, 0.5) is 0 Å². The molecule has 1 aromatic heterocycles. The largest absolute Gasteiger partial charge is 0.497 e. The van der Waals surface area contributed by atoms with Gasteiger partial charge in [0.25, 0.3) is 5.91 Å². The Kier molecular flexibility index (Phi) is 6.03. The fraction of sp³-hybridized carbons (Fsp3) is 0.500. The third-order valence-electron chi connectivity index (χ3n) is 5.52. The molecule has 30 heavy (non-hydrogen) atoms. The van der Waals surface area contributed by atoms with Gasteiger partial charge in [-0.3, -0.25) is 14.3 Å². The molecule has 1 saturated carbocycles. The molecular weight excluding hydrogens is 384 g/mol. The summed E-state index contributed by atoms with van der Waals surface area (Å²) in [6, 6.07) is 7.21. The van der Waals surface area contributed by atoms with Crippen LogP contribution < -0.4 is 10.1 Å². The van der Waals surface area contributed by atoms with Crippen LogP contribution in [0.5, 0.6) is 5.75 Å². The van der Waals surface area contributed by atoms with Crippen LogP contribution in [0.3, 0.4) is 0 Å². The number of morpholine rings is 1. The van der Waals surface area contributed by atoms with Crippen LogP contribution in [0.2, 0.25) is 0 Å². The van der Waals surface area contributed by atoms with Crippen molar-refractivity contribution >= 4 is 11.8 Å². The quantitative estimate of drug-likeness (QED) is 0.717. The molecule has 8 heteroatoms. The van der Waals surface area contributed by atoms with E-state index in [0.29, 0.717) is 6.54 Å². The van der Waals surface area contributed by atoms with Crippen LogP contribution in [0.15, 0.2) is 36.7 Å². The van der Waals surface area contributed by atoms with Gasteiger partial charge in [0.05, 0.1) is 19.3 Å². The van der Waals surface area contributed by atoms with E-state index in [9.17, 15) is 9.59 Å². The highest BCUT2D eigenvalue weighted by Crippen LogP contribution is 2.39. The molecule has 0 spiro atoms. The second-order valence-corrected chi connectivity index (χ2v) is 7.81. The molecule has 2 fully saturated rings. The van der Waals surface area contributed by atoms with E-state index in [1.807, 2.05) is 40.0 Å². The Morgan fingerprint density at radius 2 is 2.07 bits per heavy atom. The van der Waals surface area contributed by atoms with Crippen LogP contribution in [0.25, 0.3) is 0 Å². The van der Waals surface area contributed by atoms with E-state index < -0.39 is 12.1 Å². The molecule has 1 saturated heterocycles. The maximum absolute atomic E-state index is 13.1. The lowest BCUT2D eigenvalue weighted by Crippen LogP contribution is -2.55. The van der Waals surface area contributed by atoms with Gasteiger partial charge in [0, 0.05) is 30.9 Å². The van der Waals surface area contributed by atoms with E-state index in [4.69, 9.17) is 9.47 Å². The monoisotopic (exact) mass is 412 g/mol. The summed E-state index contributed by atoms with van der Waals surface area (Å²) in [7, 11) is 1.61. The Morgan fingerprint density at radius 1 is 1.30 bits per heavy atom. The summed E-state index contributed by atoms with van der Waals surface area (Å²) >= 11 is 0. The molecule has 1 aliphatic heterocycles. The maximum atomic E-state index is 13.1. The van der Waals surface area contributed by atoms with Crippen molar-refractivity contribution in [1.29, 1.82) is 0 Å². The summed E-state index contributed by atoms with van der Waals surface area (Å²) in [5, 5.41) is 7.26. The molecule has 1 N–H and O–H groups in total. The number of benzene rings is 1. The van der Waals surface area contributed by atoms with Crippen molar-refractivity contribution in [2.75, 3.05) is 13.7 Å². The summed E-state index contributed by atoms with van der Waals surface area (Å²) in [5.41, 5.74) is 1.80. The van der Waals surface area contributed by atoms with Gasteiger partial charge in [0.1, 0.15) is 12.4 Å². The van der Waals surface area contributed by atoms with Crippen molar-refractivity contribution < 1.29 is 19.1 Å². The van der Waals surface area contributed by atoms with Crippen molar-refractivity contribution in [2.24, 2.45) is 0 Å². The number of hydrogen-bond donors (Lipinski definition) is 1. The third-order valence-corrected chi connectivity index (χ3v) is 5.52. The van der Waals surface area contributed by atoms with Crippen molar-refractivity contribution in [3.05, 3.63) is 47.8 Å². The number of aryl methyl sites for hydroxylation is 1. The minimum atomic E-state index is -0.762. The van der Waals surface area contributed by atoms with Gasteiger partial charge >= 0.3 is 0 Å². The van der Waals surface area contributed by atoms with Gasteiger partial charge in [-0.25, -0.2) is 0 Å². The molecule has 4 rings (SSSR count). The summed E-state index contributed by atoms with van der Waals surface area (Å²) in [6.45, 7) is 3.23. The number of nitrogens with one attached hydrogen (secondary N) is 1. The average Bonchev–Trinajstić information content (AvgIpc) is 3.50. The summed E-state index contributed by atoms with van der Waals surface area (Å²) in [6.07, 6.45) is 5.86. The highest BCUT2D eigenvalue weighted by atomic mass is 16.5. The third kappa shape index (κ3) is 4.33. The minimum absolute atomic E-state index is 0.0665. The standard InChI is InChI=1S/C22H28N4O4/c1-3-10-25-13-15(12-24-25)11-23-22(28)21-20(16-4-8-18(29-2)9-5-16)26(17-6-7-17)19(27)14-30-21/h4-5,8-9,12-13,17,20-21H,3,6-7,10-11,14H2,1-2H3,(H,23,28)/t20-,21+/m1/s1. The SMILES string of the molecule is CCCn1cc(CNC(=O)[C@H]2OCC(=O)N(C3CC3)[C@@H]2c2ccc(OC)cc2)cn1. The normalized spacial score (nSPS) is 21.5. The predicted octanol–water partition coefficient (Wildman–Crippen LogP) is 2.05. The zero-order valence-electron chi connectivity index (χ0n) is 17.4. The number of nitrogens with zero attached hydrogens (tertiary/aromatic N) is 3. The zero-order chi connectivity index (χ0) is 21.1. The van der Waals surface area contributed by atoms with Crippen molar-refractivity contribution in [1.82, 2.24) is 20.0 Å². The van der Waals surface area contributed by atoms with E-state index in [-0.39, 0.29) is 24.5 Å². The van der Waals surface area contributed by atoms with Crippen LogP contribution in [0, 0.1) is 0 Å². The van der Waals surface area contributed by atoms with Crippen molar-refractivity contribution in [2.45, 2.75) is 57.5 Å². The summed E-state index contributed by atoms with van der Waals surface area (Å²) in [5.74, 6) is 0.435. The van der Waals surface area contributed by atoms with Gasteiger partial charge in [-0.2, -0.15) is 5.10 Å². The first-order chi connectivity index (χ1) is 14.6. The van der Waals surface area contributed by atoms with E-state index in [0.717, 1.165) is 42.7 Å². The molecular formula is C22H28N4O4. The van der Waals surface area contributed by atoms with Gasteiger partial charge in [0.2, 0.25) is 5.91 Å². The van der Waals surface area contributed by atoms with E-state index in [2.05, 4.69) is 17.3 Å². The molecule has 2 amide bonds. The van der Waals surface area contributed by atoms with Gasteiger partial charge in [-0.05, 0) is 37.0 Å². The Hall–Kier alpha value is -2.87. The fourth-order valence-electron chi connectivity index (χ4n) is 3.91. The Morgan fingerprint density at radius 3 is 2.73 bits per heavy atom. The highest BCUT2D eigenvalue weighted by Gasteiger charge is 2.47. The molecule has 2 aromatic rings. The molecule has 160 valence electrons. The number of carbonyl (C=O) groups is 2. The Labute approximate surface area is 176 Å². The second-order valence-electron chi connectivity index (χ2n) is 7.81. The second kappa shape index (κ2) is 8.87.